The lowest BCUT2D eigenvalue weighted by molar-refractivity contribution is 0.473. The summed E-state index contributed by atoms with van der Waals surface area (Å²) in [5.74, 6) is 0.0127. The van der Waals surface area contributed by atoms with Crippen molar-refractivity contribution in [3.8, 4) is 0 Å². The molecule has 3 nitrogen and oxygen atoms in total. The van der Waals surface area contributed by atoms with Crippen LogP contribution >= 0.6 is 11.6 Å². The molecule has 1 aromatic rings. The molecule has 1 N–H and O–H groups in total. The number of sulfone groups is 1. The number of halogens is 2. The molecular weight excluding hydrogens is 277 g/mol. The normalized spacial score (nSPS) is 22.9. The fourth-order valence-corrected chi connectivity index (χ4v) is 4.03. The molecule has 1 fully saturated rings. The summed E-state index contributed by atoms with van der Waals surface area (Å²) >= 11 is 5.90. The molecule has 0 aromatic heterocycles. The lowest BCUT2D eigenvalue weighted by Crippen LogP contribution is -2.39. The Kier molecular flexibility index (Phi) is 4.25. The molecule has 18 heavy (non-hydrogen) atoms. The Morgan fingerprint density at radius 2 is 2.22 bits per heavy atom. The predicted octanol–water partition coefficient (Wildman–Crippen LogP) is 2.15. The first-order chi connectivity index (χ1) is 8.48. The van der Waals surface area contributed by atoms with Crippen molar-refractivity contribution in [3.63, 3.8) is 0 Å². The van der Waals surface area contributed by atoms with Crippen LogP contribution in [0.3, 0.4) is 0 Å². The highest BCUT2D eigenvalue weighted by atomic mass is 35.5. The summed E-state index contributed by atoms with van der Waals surface area (Å²) in [5, 5.41) is 3.43. The van der Waals surface area contributed by atoms with Crippen LogP contribution in [0.25, 0.3) is 0 Å². The average molecular weight is 292 g/mol. The highest BCUT2D eigenvalue weighted by Crippen LogP contribution is 2.19. The SMILES string of the molecule is O=S1(=O)CCCC(NCc2c(F)cccc2Cl)C1. The van der Waals surface area contributed by atoms with Gasteiger partial charge in [0.05, 0.1) is 11.5 Å². The summed E-state index contributed by atoms with van der Waals surface area (Å²) in [7, 11) is -2.95. The topological polar surface area (TPSA) is 46.2 Å². The summed E-state index contributed by atoms with van der Waals surface area (Å²) in [4.78, 5) is 0. The molecule has 0 aliphatic carbocycles. The van der Waals surface area contributed by atoms with Crippen molar-refractivity contribution in [1.29, 1.82) is 0 Å². The molecular formula is C12H15ClFNO2S. The second-order valence-electron chi connectivity index (χ2n) is 4.53. The van der Waals surface area contributed by atoms with E-state index in [0.29, 0.717) is 17.0 Å². The Morgan fingerprint density at radius 1 is 1.44 bits per heavy atom. The van der Waals surface area contributed by atoms with E-state index in [4.69, 9.17) is 11.6 Å². The number of hydrogen-bond acceptors (Lipinski definition) is 3. The van der Waals surface area contributed by atoms with Crippen molar-refractivity contribution in [2.45, 2.75) is 25.4 Å². The van der Waals surface area contributed by atoms with Crippen LogP contribution in [0, 0.1) is 5.82 Å². The molecule has 0 bridgehead atoms. The Balaban J connectivity index is 2.00. The highest BCUT2D eigenvalue weighted by molar-refractivity contribution is 7.91. The van der Waals surface area contributed by atoms with E-state index in [0.717, 1.165) is 6.42 Å². The maximum atomic E-state index is 13.5. The van der Waals surface area contributed by atoms with Gasteiger partial charge in [0.2, 0.25) is 0 Å². The van der Waals surface area contributed by atoms with Crippen molar-refractivity contribution in [2.75, 3.05) is 11.5 Å². The van der Waals surface area contributed by atoms with E-state index in [1.54, 1.807) is 12.1 Å². The number of benzene rings is 1. The number of nitrogens with one attached hydrogen (secondary N) is 1. The molecule has 0 saturated carbocycles. The van der Waals surface area contributed by atoms with Crippen LogP contribution in [0.2, 0.25) is 5.02 Å². The van der Waals surface area contributed by atoms with E-state index in [1.165, 1.54) is 6.07 Å². The van der Waals surface area contributed by atoms with Crippen LogP contribution < -0.4 is 5.32 Å². The lowest BCUT2D eigenvalue weighted by atomic mass is 10.1. The molecule has 1 heterocycles. The van der Waals surface area contributed by atoms with Gasteiger partial charge in [0.25, 0.3) is 0 Å². The van der Waals surface area contributed by atoms with Crippen LogP contribution in [0.5, 0.6) is 0 Å². The van der Waals surface area contributed by atoms with Gasteiger partial charge in [-0.2, -0.15) is 0 Å². The zero-order valence-corrected chi connectivity index (χ0v) is 11.4. The highest BCUT2D eigenvalue weighted by Gasteiger charge is 2.24. The zero-order valence-electron chi connectivity index (χ0n) is 9.83. The minimum Gasteiger partial charge on any atom is -0.309 e. The third kappa shape index (κ3) is 3.43. The molecule has 2 rings (SSSR count). The smallest absolute Gasteiger partial charge is 0.151 e. The third-order valence-corrected chi connectivity index (χ3v) is 5.27. The molecule has 1 unspecified atom stereocenters. The van der Waals surface area contributed by atoms with Gasteiger partial charge in [-0.3, -0.25) is 0 Å². The maximum Gasteiger partial charge on any atom is 0.151 e. The summed E-state index contributed by atoms with van der Waals surface area (Å²) < 4.78 is 36.4. The second kappa shape index (κ2) is 5.55. The van der Waals surface area contributed by atoms with Gasteiger partial charge in [-0.1, -0.05) is 17.7 Å². The van der Waals surface area contributed by atoms with E-state index in [9.17, 15) is 12.8 Å². The molecule has 1 atom stereocenters. The number of hydrogen-bond donors (Lipinski definition) is 1. The predicted molar refractivity (Wildman–Crippen MR) is 69.9 cm³/mol. The third-order valence-electron chi connectivity index (χ3n) is 3.09. The standard InChI is InChI=1S/C12H15ClFNO2S/c13-11-4-1-5-12(14)10(11)7-15-9-3-2-6-18(16,17)8-9/h1,4-5,9,15H,2-3,6-8H2. The van der Waals surface area contributed by atoms with E-state index < -0.39 is 9.84 Å². The van der Waals surface area contributed by atoms with Gasteiger partial charge in [0.1, 0.15) is 5.82 Å². The molecule has 0 radical (unpaired) electrons. The van der Waals surface area contributed by atoms with Gasteiger partial charge >= 0.3 is 0 Å². The van der Waals surface area contributed by atoms with Gasteiger partial charge in [-0.15, -0.1) is 0 Å². The van der Waals surface area contributed by atoms with Gasteiger partial charge in [0.15, 0.2) is 9.84 Å². The molecule has 100 valence electrons. The maximum absolute atomic E-state index is 13.5. The summed E-state index contributed by atoms with van der Waals surface area (Å²) in [6.07, 6.45) is 1.45. The van der Waals surface area contributed by atoms with Crippen LogP contribution in [0.4, 0.5) is 4.39 Å². The lowest BCUT2D eigenvalue weighted by Gasteiger charge is -2.23. The fraction of sp³-hybridized carbons (Fsp3) is 0.500. The van der Waals surface area contributed by atoms with Gasteiger partial charge in [-0.05, 0) is 25.0 Å². The van der Waals surface area contributed by atoms with Crippen LogP contribution in [-0.2, 0) is 16.4 Å². The van der Waals surface area contributed by atoms with Gasteiger partial charge < -0.3 is 5.32 Å². The van der Waals surface area contributed by atoms with Crippen LogP contribution in [0.1, 0.15) is 18.4 Å². The fourth-order valence-electron chi connectivity index (χ4n) is 2.13. The molecule has 0 amide bonds. The Bertz CT molecular complexity index is 513. The first-order valence-corrected chi connectivity index (χ1v) is 8.04. The Morgan fingerprint density at radius 3 is 2.89 bits per heavy atom. The Hall–Kier alpha value is -0.650. The first kappa shape index (κ1) is 13.8. The van der Waals surface area contributed by atoms with E-state index in [2.05, 4.69) is 5.32 Å². The summed E-state index contributed by atoms with van der Waals surface area (Å²) in [5.41, 5.74) is 0.391. The molecule has 1 aromatic carbocycles. The van der Waals surface area contributed by atoms with Crippen molar-refractivity contribution in [2.24, 2.45) is 0 Å². The number of rotatable bonds is 3. The van der Waals surface area contributed by atoms with Crippen molar-refractivity contribution >= 4 is 21.4 Å². The van der Waals surface area contributed by atoms with Crippen molar-refractivity contribution < 1.29 is 12.8 Å². The van der Waals surface area contributed by atoms with E-state index in [-0.39, 0.29) is 29.9 Å². The summed E-state index contributed by atoms with van der Waals surface area (Å²) in [6.45, 7) is 0.256. The molecule has 6 heteroatoms. The Labute approximate surface area is 111 Å². The van der Waals surface area contributed by atoms with Gasteiger partial charge in [-0.25, -0.2) is 12.8 Å². The molecule has 1 aliphatic rings. The van der Waals surface area contributed by atoms with Gasteiger partial charge in [0, 0.05) is 23.2 Å². The second-order valence-corrected chi connectivity index (χ2v) is 7.17. The molecule has 1 aliphatic heterocycles. The van der Waals surface area contributed by atoms with Crippen molar-refractivity contribution in [1.82, 2.24) is 5.32 Å². The van der Waals surface area contributed by atoms with E-state index >= 15 is 0 Å². The molecule has 0 spiro atoms. The van der Waals surface area contributed by atoms with Crippen LogP contribution in [-0.4, -0.2) is 26.0 Å². The minimum absolute atomic E-state index is 0.112. The summed E-state index contributed by atoms with van der Waals surface area (Å²) in [6, 6.07) is 4.41. The largest absolute Gasteiger partial charge is 0.309 e. The van der Waals surface area contributed by atoms with E-state index in [1.807, 2.05) is 0 Å². The zero-order chi connectivity index (χ0) is 13.2. The first-order valence-electron chi connectivity index (χ1n) is 5.84. The average Bonchev–Trinajstić information content (AvgIpc) is 2.27. The quantitative estimate of drug-likeness (QED) is 0.928. The van der Waals surface area contributed by atoms with Crippen molar-refractivity contribution in [3.05, 3.63) is 34.6 Å². The molecule has 1 saturated heterocycles. The monoisotopic (exact) mass is 291 g/mol. The van der Waals surface area contributed by atoms with Crippen LogP contribution in [0.15, 0.2) is 18.2 Å². The minimum atomic E-state index is -2.95.